The van der Waals surface area contributed by atoms with Crippen molar-refractivity contribution in [1.82, 2.24) is 0 Å². The van der Waals surface area contributed by atoms with Crippen molar-refractivity contribution in [2.45, 2.75) is 13.3 Å². The largest absolute Gasteiger partial charge is 0.481 e. The minimum atomic E-state index is -2.83. The van der Waals surface area contributed by atoms with Gasteiger partial charge in [-0.05, 0) is 6.92 Å². The van der Waals surface area contributed by atoms with Crippen molar-refractivity contribution < 1.29 is 22.8 Å². The number of benzene rings is 1. The Morgan fingerprint density at radius 3 is 2.68 bits per heavy atom. The molecule has 0 aliphatic rings. The summed E-state index contributed by atoms with van der Waals surface area (Å²) in [5.74, 6) is -1.59. The third kappa shape index (κ3) is 3.63. The Labute approximate surface area is 111 Å². The van der Waals surface area contributed by atoms with E-state index in [1.54, 1.807) is 6.92 Å². The Kier molecular flexibility index (Phi) is 5.22. The predicted molar refractivity (Wildman–Crippen MR) is 63.7 cm³/mol. The number of hydrogen-bond donors (Lipinski definition) is 1. The van der Waals surface area contributed by atoms with Crippen molar-refractivity contribution in [3.8, 4) is 5.75 Å². The molecule has 0 aliphatic carbocycles. The number of rotatable bonds is 6. The highest BCUT2D eigenvalue weighted by atomic mass is 35.5. The number of nitrogens with zero attached hydrogens (tertiary/aromatic N) is 1. The quantitative estimate of drug-likeness (QED) is 0.645. The number of halogens is 4. The number of anilines is 1. The van der Waals surface area contributed by atoms with Crippen LogP contribution in [0.15, 0.2) is 6.07 Å². The minimum Gasteiger partial charge on any atom is -0.481 e. The first kappa shape index (κ1) is 15.4. The molecule has 0 aliphatic heterocycles. The number of alkyl halides is 2. The number of ether oxygens (including phenoxy) is 1. The van der Waals surface area contributed by atoms with Gasteiger partial charge in [-0.1, -0.05) is 11.6 Å². The Morgan fingerprint density at radius 2 is 2.21 bits per heavy atom. The minimum absolute atomic E-state index is 0.234. The molecule has 1 N–H and O–H groups in total. The predicted octanol–water partition coefficient (Wildman–Crippen LogP) is 3.46. The topological polar surface area (TPSA) is 64.4 Å². The van der Waals surface area contributed by atoms with Gasteiger partial charge in [0, 0.05) is 12.6 Å². The average Bonchev–Trinajstić information content (AvgIpc) is 2.32. The maximum Gasteiger partial charge on any atom is 0.335 e. The molecular formula is C10H10ClF3N2O3. The number of hydrogen-bond acceptors (Lipinski definition) is 4. The summed E-state index contributed by atoms with van der Waals surface area (Å²) in [7, 11) is 0. The lowest BCUT2D eigenvalue weighted by Crippen LogP contribution is -2.10. The second-order valence-electron chi connectivity index (χ2n) is 3.38. The molecule has 0 saturated heterocycles. The van der Waals surface area contributed by atoms with E-state index in [0.717, 1.165) is 0 Å². The van der Waals surface area contributed by atoms with Crippen molar-refractivity contribution in [3.05, 3.63) is 27.0 Å². The van der Waals surface area contributed by atoms with E-state index in [2.05, 4.69) is 10.1 Å². The van der Waals surface area contributed by atoms with Crippen LogP contribution in [0.4, 0.5) is 24.5 Å². The highest BCUT2D eigenvalue weighted by Crippen LogP contribution is 2.42. The van der Waals surface area contributed by atoms with Crippen molar-refractivity contribution in [3.63, 3.8) is 0 Å². The van der Waals surface area contributed by atoms with Gasteiger partial charge < -0.3 is 10.1 Å². The molecule has 0 saturated carbocycles. The lowest BCUT2D eigenvalue weighted by molar-refractivity contribution is -0.385. The average molecular weight is 299 g/mol. The molecule has 9 heteroatoms. The molecule has 0 spiro atoms. The van der Waals surface area contributed by atoms with E-state index in [9.17, 15) is 23.3 Å². The monoisotopic (exact) mass is 298 g/mol. The van der Waals surface area contributed by atoms with Crippen molar-refractivity contribution >= 4 is 23.0 Å². The van der Waals surface area contributed by atoms with Crippen LogP contribution in [0.3, 0.4) is 0 Å². The number of nitrogens with one attached hydrogen (secondary N) is 1. The molecule has 0 fully saturated rings. The van der Waals surface area contributed by atoms with Crippen LogP contribution in [0.2, 0.25) is 5.02 Å². The van der Waals surface area contributed by atoms with E-state index >= 15 is 0 Å². The number of nitro benzene ring substituents is 1. The Balaban J connectivity index is 3.32. The fraction of sp³-hybridized carbons (Fsp3) is 0.400. The molecule has 0 unspecified atom stereocenters. The number of nitro groups is 1. The summed E-state index contributed by atoms with van der Waals surface area (Å²) in [6.45, 7) is 0.774. The van der Waals surface area contributed by atoms with Gasteiger partial charge in [-0.2, -0.15) is 0 Å². The first-order valence-electron chi connectivity index (χ1n) is 5.19. The lowest BCUT2D eigenvalue weighted by atomic mass is 10.2. The summed E-state index contributed by atoms with van der Waals surface area (Å²) in [5.41, 5.74) is -0.965. The molecule has 106 valence electrons. The standard InChI is InChI=1S/C10H10ClF3N2O3/c1-2-15-9-8(11)5(12)3-6(10(9)16(17)18)19-4-7(13)14/h3,7,15H,2,4H2,1H3. The Hall–Kier alpha value is -1.70. The summed E-state index contributed by atoms with van der Waals surface area (Å²) in [5, 5.41) is 13.0. The second kappa shape index (κ2) is 6.46. The zero-order chi connectivity index (χ0) is 14.6. The van der Waals surface area contributed by atoms with E-state index in [1.807, 2.05) is 0 Å². The van der Waals surface area contributed by atoms with Gasteiger partial charge in [0.25, 0.3) is 6.43 Å². The van der Waals surface area contributed by atoms with Crippen LogP contribution in [0.25, 0.3) is 0 Å². The van der Waals surface area contributed by atoms with Crippen LogP contribution in [-0.4, -0.2) is 24.5 Å². The molecule has 19 heavy (non-hydrogen) atoms. The molecule has 1 rings (SSSR count). The SMILES string of the molecule is CCNc1c(Cl)c(F)cc(OCC(F)F)c1[N+](=O)[O-]. The Bertz CT molecular complexity index is 486. The highest BCUT2D eigenvalue weighted by Gasteiger charge is 2.27. The third-order valence-electron chi connectivity index (χ3n) is 2.06. The summed E-state index contributed by atoms with van der Waals surface area (Å²) < 4.78 is 42.1. The molecule has 1 aromatic rings. The summed E-state index contributed by atoms with van der Waals surface area (Å²) in [6, 6.07) is 0.615. The molecular weight excluding hydrogens is 289 g/mol. The normalized spacial score (nSPS) is 10.6. The summed E-state index contributed by atoms with van der Waals surface area (Å²) >= 11 is 5.61. The van der Waals surface area contributed by atoms with Crippen LogP contribution >= 0.6 is 11.6 Å². The van der Waals surface area contributed by atoms with Crippen molar-refractivity contribution in [1.29, 1.82) is 0 Å². The maximum absolute atomic E-state index is 13.5. The fourth-order valence-corrected chi connectivity index (χ4v) is 1.59. The first-order chi connectivity index (χ1) is 8.88. The van der Waals surface area contributed by atoms with Crippen LogP contribution in [0.5, 0.6) is 5.75 Å². The first-order valence-corrected chi connectivity index (χ1v) is 5.57. The zero-order valence-electron chi connectivity index (χ0n) is 9.75. The molecule has 5 nitrogen and oxygen atoms in total. The van der Waals surface area contributed by atoms with Crippen molar-refractivity contribution in [2.24, 2.45) is 0 Å². The smallest absolute Gasteiger partial charge is 0.335 e. The van der Waals surface area contributed by atoms with E-state index in [0.29, 0.717) is 6.07 Å². The fourth-order valence-electron chi connectivity index (χ4n) is 1.38. The molecule has 0 aromatic heterocycles. The van der Waals surface area contributed by atoms with Crippen molar-refractivity contribution in [2.75, 3.05) is 18.5 Å². The second-order valence-corrected chi connectivity index (χ2v) is 3.76. The van der Waals surface area contributed by atoms with E-state index in [1.165, 1.54) is 0 Å². The Morgan fingerprint density at radius 1 is 1.58 bits per heavy atom. The van der Waals surface area contributed by atoms with Gasteiger partial charge in [0.05, 0.1) is 4.92 Å². The van der Waals surface area contributed by atoms with Gasteiger partial charge in [-0.15, -0.1) is 0 Å². The summed E-state index contributed by atoms with van der Waals surface area (Å²) in [4.78, 5) is 10.1. The van der Waals surface area contributed by atoms with Gasteiger partial charge in [-0.25, -0.2) is 13.2 Å². The molecule has 0 atom stereocenters. The van der Waals surface area contributed by atoms with E-state index < -0.39 is 40.2 Å². The highest BCUT2D eigenvalue weighted by molar-refractivity contribution is 6.34. The molecule has 0 heterocycles. The van der Waals surface area contributed by atoms with E-state index in [4.69, 9.17) is 11.6 Å². The lowest BCUT2D eigenvalue weighted by Gasteiger charge is -2.12. The maximum atomic E-state index is 13.5. The van der Waals surface area contributed by atoms with E-state index in [-0.39, 0.29) is 12.2 Å². The third-order valence-corrected chi connectivity index (χ3v) is 2.43. The molecule has 1 aromatic carbocycles. The van der Waals surface area contributed by atoms with Crippen LogP contribution in [0.1, 0.15) is 6.92 Å². The molecule has 0 bridgehead atoms. The van der Waals surface area contributed by atoms with Gasteiger partial charge in [0.2, 0.25) is 5.75 Å². The van der Waals surface area contributed by atoms with Crippen LogP contribution in [0, 0.1) is 15.9 Å². The van der Waals surface area contributed by atoms with Crippen LogP contribution in [-0.2, 0) is 0 Å². The van der Waals surface area contributed by atoms with Gasteiger partial charge in [0.15, 0.2) is 0 Å². The van der Waals surface area contributed by atoms with Gasteiger partial charge in [0.1, 0.15) is 23.1 Å². The van der Waals surface area contributed by atoms with Gasteiger partial charge >= 0.3 is 5.69 Å². The molecule has 0 amide bonds. The van der Waals surface area contributed by atoms with Crippen LogP contribution < -0.4 is 10.1 Å². The zero-order valence-corrected chi connectivity index (χ0v) is 10.5. The summed E-state index contributed by atoms with van der Waals surface area (Å²) in [6.07, 6.45) is -2.83. The molecule has 0 radical (unpaired) electrons. The van der Waals surface area contributed by atoms with Gasteiger partial charge in [-0.3, -0.25) is 10.1 Å².